The van der Waals surface area contributed by atoms with Crippen molar-refractivity contribution in [2.45, 2.75) is 32.4 Å². The van der Waals surface area contributed by atoms with Crippen molar-refractivity contribution >= 4 is 0 Å². The van der Waals surface area contributed by atoms with Gasteiger partial charge in [0.15, 0.2) is 0 Å². The summed E-state index contributed by atoms with van der Waals surface area (Å²) in [5.41, 5.74) is 2.62. The fourth-order valence-electron chi connectivity index (χ4n) is 2.78. The van der Waals surface area contributed by atoms with Crippen molar-refractivity contribution in [2.75, 3.05) is 34.0 Å². The summed E-state index contributed by atoms with van der Waals surface area (Å²) in [5, 5.41) is 3.36. The lowest BCUT2D eigenvalue weighted by molar-refractivity contribution is -0.00979. The van der Waals surface area contributed by atoms with Gasteiger partial charge in [-0.15, -0.1) is 0 Å². The number of hydrogen-bond acceptors (Lipinski definition) is 4. The standard InChI is InChI=1S/C17H27NO3/c1-12(2)11-20-7-8-21-16-9-13-5-6-14(19-4)10-15(13)17(16)18-3/h5-6,10,12,16-18H,7-9,11H2,1-4H3. The summed E-state index contributed by atoms with van der Waals surface area (Å²) in [7, 11) is 3.68. The maximum Gasteiger partial charge on any atom is 0.119 e. The molecule has 0 amide bonds. The highest BCUT2D eigenvalue weighted by atomic mass is 16.5. The molecule has 1 aliphatic rings. The van der Waals surface area contributed by atoms with Gasteiger partial charge in [0, 0.05) is 13.0 Å². The van der Waals surface area contributed by atoms with Crippen LogP contribution in [-0.4, -0.2) is 40.1 Å². The molecule has 2 rings (SSSR count). The minimum Gasteiger partial charge on any atom is -0.497 e. The number of likely N-dealkylation sites (N-methyl/N-ethyl adjacent to an activating group) is 1. The molecule has 0 aliphatic heterocycles. The molecule has 0 bridgehead atoms. The Morgan fingerprint density at radius 1 is 1.29 bits per heavy atom. The zero-order chi connectivity index (χ0) is 15.2. The van der Waals surface area contributed by atoms with Crippen LogP contribution in [0.4, 0.5) is 0 Å². The molecule has 4 nitrogen and oxygen atoms in total. The van der Waals surface area contributed by atoms with Gasteiger partial charge in [-0.3, -0.25) is 0 Å². The Kier molecular flexibility index (Phi) is 6.03. The number of fused-ring (bicyclic) bond motifs is 1. The molecule has 0 heterocycles. The third kappa shape index (κ3) is 4.19. The van der Waals surface area contributed by atoms with Gasteiger partial charge in [-0.05, 0) is 36.2 Å². The molecule has 4 heteroatoms. The first-order valence-corrected chi connectivity index (χ1v) is 7.69. The van der Waals surface area contributed by atoms with E-state index in [-0.39, 0.29) is 12.1 Å². The van der Waals surface area contributed by atoms with Crippen molar-refractivity contribution in [3.8, 4) is 5.75 Å². The van der Waals surface area contributed by atoms with E-state index in [2.05, 4.69) is 31.3 Å². The summed E-state index contributed by atoms with van der Waals surface area (Å²) in [6, 6.07) is 6.48. The van der Waals surface area contributed by atoms with Gasteiger partial charge in [-0.1, -0.05) is 19.9 Å². The van der Waals surface area contributed by atoms with Crippen LogP contribution in [0.15, 0.2) is 18.2 Å². The summed E-state index contributed by atoms with van der Waals surface area (Å²) in [6.07, 6.45) is 1.11. The molecular formula is C17H27NO3. The third-order valence-electron chi connectivity index (χ3n) is 3.80. The number of nitrogens with one attached hydrogen (secondary N) is 1. The number of benzene rings is 1. The molecule has 1 aromatic carbocycles. The zero-order valence-corrected chi connectivity index (χ0v) is 13.5. The number of ether oxygens (including phenoxy) is 3. The van der Waals surface area contributed by atoms with Gasteiger partial charge in [0.25, 0.3) is 0 Å². The summed E-state index contributed by atoms with van der Waals surface area (Å²) in [5.74, 6) is 1.47. The van der Waals surface area contributed by atoms with Crippen LogP contribution >= 0.6 is 0 Å². The molecule has 118 valence electrons. The summed E-state index contributed by atoms with van der Waals surface area (Å²) in [6.45, 7) is 6.39. The lowest BCUT2D eigenvalue weighted by atomic mass is 10.1. The van der Waals surface area contributed by atoms with E-state index in [1.54, 1.807) is 7.11 Å². The minimum absolute atomic E-state index is 0.166. The fraction of sp³-hybridized carbons (Fsp3) is 0.647. The number of rotatable bonds is 8. The second kappa shape index (κ2) is 7.78. The van der Waals surface area contributed by atoms with Gasteiger partial charge in [0.2, 0.25) is 0 Å². The van der Waals surface area contributed by atoms with Crippen LogP contribution in [0.3, 0.4) is 0 Å². The maximum absolute atomic E-state index is 6.02. The fourth-order valence-corrected chi connectivity index (χ4v) is 2.78. The molecule has 0 saturated carbocycles. The maximum atomic E-state index is 6.02. The zero-order valence-electron chi connectivity index (χ0n) is 13.5. The van der Waals surface area contributed by atoms with Gasteiger partial charge in [-0.25, -0.2) is 0 Å². The Labute approximate surface area is 127 Å². The van der Waals surface area contributed by atoms with Crippen molar-refractivity contribution in [3.05, 3.63) is 29.3 Å². The van der Waals surface area contributed by atoms with Crippen molar-refractivity contribution in [1.29, 1.82) is 0 Å². The van der Waals surface area contributed by atoms with Gasteiger partial charge >= 0.3 is 0 Å². The quantitative estimate of drug-likeness (QED) is 0.748. The van der Waals surface area contributed by atoms with Gasteiger partial charge in [-0.2, -0.15) is 0 Å². The van der Waals surface area contributed by atoms with E-state index in [0.717, 1.165) is 18.8 Å². The van der Waals surface area contributed by atoms with E-state index in [9.17, 15) is 0 Å². The lowest BCUT2D eigenvalue weighted by Gasteiger charge is -2.20. The second-order valence-corrected chi connectivity index (χ2v) is 5.91. The molecule has 1 aliphatic carbocycles. The highest BCUT2D eigenvalue weighted by molar-refractivity contribution is 5.42. The van der Waals surface area contributed by atoms with Gasteiger partial charge in [0.1, 0.15) is 5.75 Å². The molecule has 0 saturated heterocycles. The summed E-state index contributed by atoms with van der Waals surface area (Å²) >= 11 is 0. The largest absolute Gasteiger partial charge is 0.497 e. The van der Waals surface area contributed by atoms with Crippen LogP contribution in [0.2, 0.25) is 0 Å². The first-order chi connectivity index (χ1) is 10.2. The Bertz CT molecular complexity index is 448. The molecule has 0 fully saturated rings. The van der Waals surface area contributed by atoms with E-state index in [0.29, 0.717) is 19.1 Å². The Balaban J connectivity index is 1.88. The smallest absolute Gasteiger partial charge is 0.119 e. The van der Waals surface area contributed by atoms with Crippen molar-refractivity contribution in [3.63, 3.8) is 0 Å². The molecule has 21 heavy (non-hydrogen) atoms. The number of hydrogen-bond donors (Lipinski definition) is 1. The normalized spacial score (nSPS) is 20.8. The molecular weight excluding hydrogens is 266 g/mol. The Hall–Kier alpha value is -1.10. The summed E-state index contributed by atoms with van der Waals surface area (Å²) in [4.78, 5) is 0. The summed E-state index contributed by atoms with van der Waals surface area (Å²) < 4.78 is 16.9. The van der Waals surface area contributed by atoms with Gasteiger partial charge in [0.05, 0.1) is 32.5 Å². The Morgan fingerprint density at radius 3 is 2.76 bits per heavy atom. The van der Waals surface area contributed by atoms with Crippen molar-refractivity contribution in [1.82, 2.24) is 5.32 Å². The minimum atomic E-state index is 0.166. The molecule has 0 spiro atoms. The van der Waals surface area contributed by atoms with Crippen LogP contribution in [0.25, 0.3) is 0 Å². The molecule has 0 aromatic heterocycles. The first kappa shape index (κ1) is 16.3. The lowest BCUT2D eigenvalue weighted by Crippen LogP contribution is -2.29. The predicted molar refractivity (Wildman–Crippen MR) is 83.9 cm³/mol. The highest BCUT2D eigenvalue weighted by Gasteiger charge is 2.32. The highest BCUT2D eigenvalue weighted by Crippen LogP contribution is 2.35. The van der Waals surface area contributed by atoms with E-state index in [1.165, 1.54) is 11.1 Å². The van der Waals surface area contributed by atoms with Crippen LogP contribution in [0, 0.1) is 5.92 Å². The predicted octanol–water partition coefficient (Wildman–Crippen LogP) is 2.57. The van der Waals surface area contributed by atoms with Crippen molar-refractivity contribution < 1.29 is 14.2 Å². The Morgan fingerprint density at radius 2 is 2.10 bits per heavy atom. The third-order valence-corrected chi connectivity index (χ3v) is 3.80. The molecule has 1 N–H and O–H groups in total. The van der Waals surface area contributed by atoms with E-state index < -0.39 is 0 Å². The van der Waals surface area contributed by atoms with Crippen LogP contribution in [-0.2, 0) is 15.9 Å². The average molecular weight is 293 g/mol. The van der Waals surface area contributed by atoms with E-state index in [1.807, 2.05) is 13.1 Å². The van der Waals surface area contributed by atoms with E-state index >= 15 is 0 Å². The van der Waals surface area contributed by atoms with Crippen LogP contribution in [0.5, 0.6) is 5.75 Å². The SMILES string of the molecule is CNC1c2cc(OC)ccc2CC1OCCOCC(C)C. The molecule has 0 radical (unpaired) electrons. The number of methoxy groups -OCH3 is 1. The van der Waals surface area contributed by atoms with E-state index in [4.69, 9.17) is 14.2 Å². The van der Waals surface area contributed by atoms with Crippen LogP contribution in [0.1, 0.15) is 31.0 Å². The second-order valence-electron chi connectivity index (χ2n) is 5.91. The molecule has 1 aromatic rings. The monoisotopic (exact) mass is 293 g/mol. The first-order valence-electron chi connectivity index (χ1n) is 7.69. The average Bonchev–Trinajstić information content (AvgIpc) is 2.82. The van der Waals surface area contributed by atoms with Crippen molar-refractivity contribution in [2.24, 2.45) is 5.92 Å². The topological polar surface area (TPSA) is 39.7 Å². The van der Waals surface area contributed by atoms with Gasteiger partial charge < -0.3 is 19.5 Å². The molecule has 2 unspecified atom stereocenters. The van der Waals surface area contributed by atoms with Crippen LogP contribution < -0.4 is 10.1 Å². The molecule has 2 atom stereocenters.